The molecule has 0 amide bonds. The average molecular weight is 564 g/mol. The molecule has 0 bridgehead atoms. The first-order chi connectivity index (χ1) is 21.2. The molecule has 2 nitrogen and oxygen atoms in total. The number of nitrogens with zero attached hydrogens (tertiary/aromatic N) is 2. The van der Waals surface area contributed by atoms with Crippen molar-refractivity contribution in [3.05, 3.63) is 131 Å². The van der Waals surface area contributed by atoms with Crippen molar-refractivity contribution < 1.29 is 4.58 Å². The van der Waals surface area contributed by atoms with Crippen LogP contribution in [0.3, 0.4) is 0 Å². The molecule has 7 rings (SSSR count). The number of hydrogen-bond donors (Lipinski definition) is 0. The maximum Gasteiger partial charge on any atom is 0.209 e. The van der Waals surface area contributed by atoms with Crippen molar-refractivity contribution in [2.45, 2.75) is 65.7 Å². The third kappa shape index (κ3) is 5.07. The lowest BCUT2D eigenvalue weighted by molar-refractivity contribution is -0.436. The number of rotatable bonds is 7. The van der Waals surface area contributed by atoms with Crippen molar-refractivity contribution >= 4 is 38.6 Å². The SMILES string of the molecule is CCCN1/C(=C/C=C2\CCCC(/C=C/C3=[N+](CCC)c4ccc5ccccc5c4C3)=C2C)Cc2c1ccc1ccccc21. The van der Waals surface area contributed by atoms with Gasteiger partial charge in [0.05, 0.1) is 6.42 Å². The van der Waals surface area contributed by atoms with Gasteiger partial charge in [0.25, 0.3) is 0 Å². The van der Waals surface area contributed by atoms with Crippen molar-refractivity contribution in [1.29, 1.82) is 0 Å². The molecule has 2 heterocycles. The fraction of sp³-hybridized carbons (Fsp3) is 0.293. The normalized spacial score (nSPS) is 18.7. The highest BCUT2D eigenvalue weighted by Gasteiger charge is 2.29. The summed E-state index contributed by atoms with van der Waals surface area (Å²) in [7, 11) is 0. The number of anilines is 1. The van der Waals surface area contributed by atoms with Crippen molar-refractivity contribution in [3.8, 4) is 0 Å². The molecule has 0 aromatic heterocycles. The van der Waals surface area contributed by atoms with Gasteiger partial charge in [-0.05, 0) is 94.6 Å². The Morgan fingerprint density at radius 3 is 2.26 bits per heavy atom. The Kier molecular flexibility index (Phi) is 7.61. The summed E-state index contributed by atoms with van der Waals surface area (Å²) in [5.74, 6) is 0. The van der Waals surface area contributed by atoms with Crippen LogP contribution in [0.2, 0.25) is 0 Å². The van der Waals surface area contributed by atoms with Crippen LogP contribution in [0.1, 0.15) is 64.0 Å². The lowest BCUT2D eigenvalue weighted by Crippen LogP contribution is -2.19. The van der Waals surface area contributed by atoms with Gasteiger partial charge in [0.15, 0.2) is 5.71 Å². The fourth-order valence-electron chi connectivity index (χ4n) is 7.52. The van der Waals surface area contributed by atoms with E-state index >= 15 is 0 Å². The van der Waals surface area contributed by atoms with E-state index in [2.05, 4.69) is 127 Å². The van der Waals surface area contributed by atoms with Crippen molar-refractivity contribution in [2.75, 3.05) is 18.0 Å². The van der Waals surface area contributed by atoms with Crippen molar-refractivity contribution in [1.82, 2.24) is 0 Å². The molecule has 0 saturated carbocycles. The van der Waals surface area contributed by atoms with E-state index < -0.39 is 0 Å². The summed E-state index contributed by atoms with van der Waals surface area (Å²) in [6.07, 6.45) is 17.5. The summed E-state index contributed by atoms with van der Waals surface area (Å²) < 4.78 is 2.56. The molecule has 0 radical (unpaired) electrons. The Morgan fingerprint density at radius 2 is 1.49 bits per heavy atom. The monoisotopic (exact) mass is 563 g/mol. The summed E-state index contributed by atoms with van der Waals surface area (Å²) in [6.45, 7) is 9.04. The Balaban J connectivity index is 1.18. The minimum Gasteiger partial charge on any atom is -0.345 e. The van der Waals surface area contributed by atoms with Gasteiger partial charge in [0.1, 0.15) is 6.54 Å². The molecule has 0 atom stereocenters. The molecule has 43 heavy (non-hydrogen) atoms. The fourth-order valence-corrected chi connectivity index (χ4v) is 7.52. The van der Waals surface area contributed by atoms with Crippen LogP contribution in [0.4, 0.5) is 11.4 Å². The third-order valence-corrected chi connectivity index (χ3v) is 9.73. The summed E-state index contributed by atoms with van der Waals surface area (Å²) in [4.78, 5) is 2.56. The maximum atomic E-state index is 2.56. The molecule has 3 aliphatic rings. The average Bonchev–Trinajstić information content (AvgIpc) is 3.58. The smallest absolute Gasteiger partial charge is 0.209 e. The second-order valence-electron chi connectivity index (χ2n) is 12.4. The highest BCUT2D eigenvalue weighted by atomic mass is 15.2. The Hall–Kier alpha value is -4.17. The van der Waals surface area contributed by atoms with Crippen LogP contribution in [-0.4, -0.2) is 23.4 Å². The van der Waals surface area contributed by atoms with Gasteiger partial charge < -0.3 is 4.90 Å². The molecule has 0 fully saturated rings. The predicted molar refractivity (Wildman–Crippen MR) is 185 cm³/mol. The molecule has 4 aromatic rings. The van der Waals surface area contributed by atoms with Gasteiger partial charge in [0, 0.05) is 48.5 Å². The zero-order valence-electron chi connectivity index (χ0n) is 26.0. The standard InChI is InChI=1S/C41H43N2/c1-4-25-42-34(27-38-36-15-8-6-11-32(36)19-23-40(38)42)21-17-30-13-10-14-31(29(30)3)18-22-35-28-39-37-16-9-7-12-33(37)20-24-41(39)43(35)26-5-2/h6-9,11-12,15-24H,4-5,10,13-14,25-28H2,1-3H3/q+1. The van der Waals surface area contributed by atoms with Gasteiger partial charge in [-0.15, -0.1) is 0 Å². The first-order valence-electron chi connectivity index (χ1n) is 16.4. The summed E-state index contributed by atoms with van der Waals surface area (Å²) in [6, 6.07) is 26.9. The number of benzene rings is 4. The molecule has 1 aliphatic carbocycles. The van der Waals surface area contributed by atoms with Crippen LogP contribution in [-0.2, 0) is 12.8 Å². The van der Waals surface area contributed by atoms with Crippen molar-refractivity contribution in [3.63, 3.8) is 0 Å². The summed E-state index contributed by atoms with van der Waals surface area (Å²) >= 11 is 0. The maximum absolute atomic E-state index is 2.56. The number of fused-ring (bicyclic) bond motifs is 6. The lowest BCUT2D eigenvalue weighted by atomic mass is 9.87. The van der Waals surface area contributed by atoms with Gasteiger partial charge in [-0.3, -0.25) is 0 Å². The van der Waals surface area contributed by atoms with Crippen LogP contribution < -0.4 is 4.90 Å². The van der Waals surface area contributed by atoms with Crippen LogP contribution in [0, 0.1) is 0 Å². The first-order valence-corrected chi connectivity index (χ1v) is 16.4. The minimum atomic E-state index is 1.01. The van der Waals surface area contributed by atoms with Crippen LogP contribution >= 0.6 is 0 Å². The van der Waals surface area contributed by atoms with E-state index in [0.717, 1.165) is 51.6 Å². The molecular weight excluding hydrogens is 520 g/mol. The van der Waals surface area contributed by atoms with Crippen LogP contribution in [0.25, 0.3) is 21.5 Å². The van der Waals surface area contributed by atoms with Gasteiger partial charge in [-0.1, -0.05) is 80.6 Å². The van der Waals surface area contributed by atoms with E-state index in [1.54, 1.807) is 0 Å². The third-order valence-electron chi connectivity index (χ3n) is 9.73. The quantitative estimate of drug-likeness (QED) is 0.203. The molecule has 0 saturated heterocycles. The Bertz CT molecular complexity index is 1880. The van der Waals surface area contributed by atoms with E-state index in [0.29, 0.717) is 0 Å². The van der Waals surface area contributed by atoms with Crippen molar-refractivity contribution in [2.24, 2.45) is 0 Å². The van der Waals surface area contributed by atoms with E-state index in [1.807, 2.05) is 0 Å². The van der Waals surface area contributed by atoms with Gasteiger partial charge >= 0.3 is 0 Å². The summed E-state index contributed by atoms with van der Waals surface area (Å²) in [5, 5.41) is 5.48. The van der Waals surface area contributed by atoms with Crippen LogP contribution in [0.15, 0.2) is 120 Å². The lowest BCUT2D eigenvalue weighted by Gasteiger charge is -2.21. The molecule has 4 aromatic carbocycles. The second-order valence-corrected chi connectivity index (χ2v) is 12.4. The van der Waals surface area contributed by atoms with E-state index in [9.17, 15) is 0 Å². The molecular formula is C41H43N2+. The van der Waals surface area contributed by atoms with E-state index in [4.69, 9.17) is 0 Å². The largest absolute Gasteiger partial charge is 0.345 e. The molecule has 2 heteroatoms. The molecule has 216 valence electrons. The van der Waals surface area contributed by atoms with Crippen LogP contribution in [0.5, 0.6) is 0 Å². The first kappa shape index (κ1) is 27.7. The number of hydrogen-bond acceptors (Lipinski definition) is 1. The topological polar surface area (TPSA) is 6.25 Å². The Labute approximate surface area is 257 Å². The predicted octanol–water partition coefficient (Wildman–Crippen LogP) is 10.4. The Morgan fingerprint density at radius 1 is 0.744 bits per heavy atom. The zero-order valence-corrected chi connectivity index (χ0v) is 26.0. The van der Waals surface area contributed by atoms with E-state index in [-0.39, 0.29) is 0 Å². The minimum absolute atomic E-state index is 1.01. The van der Waals surface area contributed by atoms with Gasteiger partial charge in [0.2, 0.25) is 5.69 Å². The zero-order chi connectivity index (χ0) is 29.3. The van der Waals surface area contributed by atoms with E-state index in [1.165, 1.54) is 78.6 Å². The molecule has 0 unspecified atom stereocenters. The van der Waals surface area contributed by atoms with Gasteiger partial charge in [-0.2, -0.15) is 4.58 Å². The highest BCUT2D eigenvalue weighted by molar-refractivity contribution is 6.02. The highest BCUT2D eigenvalue weighted by Crippen LogP contribution is 2.40. The molecule has 0 spiro atoms. The second kappa shape index (κ2) is 11.8. The molecule has 2 aliphatic heterocycles. The molecule has 0 N–H and O–H groups in total. The van der Waals surface area contributed by atoms with Gasteiger partial charge in [-0.25, -0.2) is 0 Å². The summed E-state index contributed by atoms with van der Waals surface area (Å²) in [5.41, 5.74) is 13.1. The number of allylic oxidation sites excluding steroid dienone is 8.